The number of hydrogen-bond acceptors (Lipinski definition) is 7. The van der Waals surface area contributed by atoms with Crippen molar-refractivity contribution in [1.29, 1.82) is 0 Å². The Labute approximate surface area is 240 Å². The topological polar surface area (TPSA) is 123 Å². The molecule has 0 aliphatic carbocycles. The standard InChI is InChI=1S/C28H21Cl2N3O6S/c1-38-26-16-18(2-15-25(26)39-28(35)20-3-7-21(29)8-4-20)17-31-32-27(34)19-5-11-23(12-6-19)33-40(36,37)24-13-9-22(30)10-14-24/h2-17,33H,1H3,(H,32,34)/b31-17-. The highest BCUT2D eigenvalue weighted by Gasteiger charge is 2.15. The van der Waals surface area contributed by atoms with E-state index in [0.29, 0.717) is 21.2 Å². The lowest BCUT2D eigenvalue weighted by molar-refractivity contribution is 0.0729. The Kier molecular flexibility index (Phi) is 9.05. The number of esters is 1. The lowest BCUT2D eigenvalue weighted by Crippen LogP contribution is -2.18. The first-order chi connectivity index (χ1) is 19.1. The zero-order chi connectivity index (χ0) is 28.7. The minimum absolute atomic E-state index is 0.0532. The number of ether oxygens (including phenoxy) is 2. The third kappa shape index (κ3) is 7.38. The average molecular weight is 598 g/mol. The van der Waals surface area contributed by atoms with E-state index >= 15 is 0 Å². The molecular weight excluding hydrogens is 577 g/mol. The van der Waals surface area contributed by atoms with Gasteiger partial charge in [-0.25, -0.2) is 18.6 Å². The van der Waals surface area contributed by atoms with Crippen LogP contribution in [0.1, 0.15) is 26.3 Å². The summed E-state index contributed by atoms with van der Waals surface area (Å²) in [4.78, 5) is 24.9. The van der Waals surface area contributed by atoms with E-state index in [0.717, 1.165) is 0 Å². The maximum absolute atomic E-state index is 12.5. The van der Waals surface area contributed by atoms with Gasteiger partial charge in [-0.15, -0.1) is 0 Å². The van der Waals surface area contributed by atoms with Crippen molar-refractivity contribution >= 4 is 57.0 Å². The second-order valence-electron chi connectivity index (χ2n) is 8.14. The Balaban J connectivity index is 1.35. The van der Waals surface area contributed by atoms with Crippen molar-refractivity contribution in [2.45, 2.75) is 4.90 Å². The quantitative estimate of drug-likeness (QED) is 0.109. The number of rotatable bonds is 9. The molecule has 40 heavy (non-hydrogen) atoms. The molecule has 204 valence electrons. The van der Waals surface area contributed by atoms with E-state index in [4.69, 9.17) is 32.7 Å². The molecule has 0 heterocycles. The van der Waals surface area contributed by atoms with Gasteiger partial charge in [-0.1, -0.05) is 23.2 Å². The summed E-state index contributed by atoms with van der Waals surface area (Å²) >= 11 is 11.7. The first-order valence-corrected chi connectivity index (χ1v) is 13.8. The number of carbonyl (C=O) groups excluding carboxylic acids is 2. The van der Waals surface area contributed by atoms with E-state index in [-0.39, 0.29) is 27.6 Å². The molecule has 0 aliphatic rings. The summed E-state index contributed by atoms with van der Waals surface area (Å²) in [5.74, 6) is -0.596. The maximum atomic E-state index is 12.5. The van der Waals surface area contributed by atoms with Crippen molar-refractivity contribution in [1.82, 2.24) is 5.43 Å². The molecule has 0 atom stereocenters. The van der Waals surface area contributed by atoms with Gasteiger partial charge in [0.15, 0.2) is 11.5 Å². The summed E-state index contributed by atoms with van der Waals surface area (Å²) < 4.78 is 38.2. The minimum Gasteiger partial charge on any atom is -0.493 e. The molecule has 4 aromatic carbocycles. The molecule has 0 radical (unpaired) electrons. The predicted octanol–water partition coefficient (Wildman–Crippen LogP) is 5.79. The highest BCUT2D eigenvalue weighted by Crippen LogP contribution is 2.28. The van der Waals surface area contributed by atoms with Crippen molar-refractivity contribution in [2.75, 3.05) is 11.8 Å². The molecule has 9 nitrogen and oxygen atoms in total. The summed E-state index contributed by atoms with van der Waals surface area (Å²) in [6, 6.07) is 22.6. The molecule has 0 saturated carbocycles. The van der Waals surface area contributed by atoms with E-state index in [9.17, 15) is 18.0 Å². The fraction of sp³-hybridized carbons (Fsp3) is 0.0357. The third-order valence-corrected chi connectivity index (χ3v) is 7.27. The number of nitrogens with zero attached hydrogens (tertiary/aromatic N) is 1. The van der Waals surface area contributed by atoms with Crippen molar-refractivity contribution < 1.29 is 27.5 Å². The minimum atomic E-state index is -3.81. The van der Waals surface area contributed by atoms with Crippen LogP contribution in [0.15, 0.2) is 101 Å². The molecule has 0 spiro atoms. The highest BCUT2D eigenvalue weighted by atomic mass is 35.5. The zero-order valence-corrected chi connectivity index (χ0v) is 23.1. The van der Waals surface area contributed by atoms with Crippen LogP contribution in [0.5, 0.6) is 11.5 Å². The second-order valence-corrected chi connectivity index (χ2v) is 10.7. The van der Waals surface area contributed by atoms with Crippen LogP contribution in [0.25, 0.3) is 0 Å². The van der Waals surface area contributed by atoms with Gasteiger partial charge in [0, 0.05) is 21.3 Å². The van der Waals surface area contributed by atoms with Crippen molar-refractivity contribution in [3.05, 3.63) is 118 Å². The van der Waals surface area contributed by atoms with Crippen LogP contribution in [0.4, 0.5) is 5.69 Å². The smallest absolute Gasteiger partial charge is 0.343 e. The number of amides is 1. The maximum Gasteiger partial charge on any atom is 0.343 e. The van der Waals surface area contributed by atoms with Crippen LogP contribution in [0.2, 0.25) is 10.0 Å². The summed E-state index contributed by atoms with van der Waals surface area (Å²) in [6.07, 6.45) is 1.39. The van der Waals surface area contributed by atoms with Gasteiger partial charge in [0.05, 0.1) is 23.8 Å². The molecule has 2 N–H and O–H groups in total. The van der Waals surface area contributed by atoms with E-state index in [1.165, 1.54) is 61.9 Å². The van der Waals surface area contributed by atoms with Crippen molar-refractivity contribution in [3.63, 3.8) is 0 Å². The zero-order valence-electron chi connectivity index (χ0n) is 20.8. The first kappa shape index (κ1) is 28.6. The molecule has 12 heteroatoms. The Morgan fingerprint density at radius 3 is 2.02 bits per heavy atom. The first-order valence-electron chi connectivity index (χ1n) is 11.5. The van der Waals surface area contributed by atoms with Gasteiger partial charge < -0.3 is 9.47 Å². The largest absolute Gasteiger partial charge is 0.493 e. The Morgan fingerprint density at radius 1 is 0.800 bits per heavy atom. The molecule has 4 rings (SSSR count). The van der Waals surface area contributed by atoms with E-state index in [1.54, 1.807) is 42.5 Å². The van der Waals surface area contributed by atoms with Gasteiger partial charge >= 0.3 is 5.97 Å². The van der Waals surface area contributed by atoms with Crippen LogP contribution >= 0.6 is 23.2 Å². The monoisotopic (exact) mass is 597 g/mol. The molecule has 0 aromatic heterocycles. The Bertz CT molecular complexity index is 1660. The molecule has 4 aromatic rings. The highest BCUT2D eigenvalue weighted by molar-refractivity contribution is 7.92. The Hall–Kier alpha value is -4.38. The molecule has 0 saturated heterocycles. The van der Waals surface area contributed by atoms with Crippen molar-refractivity contribution in [3.8, 4) is 11.5 Å². The SMILES string of the molecule is COc1cc(/C=N\NC(=O)c2ccc(NS(=O)(=O)c3ccc(Cl)cc3)cc2)ccc1OC(=O)c1ccc(Cl)cc1. The Morgan fingerprint density at radius 2 is 1.40 bits per heavy atom. The fourth-order valence-electron chi connectivity index (χ4n) is 3.34. The van der Waals surface area contributed by atoms with E-state index < -0.39 is 21.9 Å². The van der Waals surface area contributed by atoms with E-state index in [2.05, 4.69) is 15.2 Å². The number of nitrogens with one attached hydrogen (secondary N) is 2. The van der Waals surface area contributed by atoms with Gasteiger partial charge in [-0.05, 0) is 96.6 Å². The molecular formula is C28H21Cl2N3O6S. The molecule has 0 bridgehead atoms. The number of methoxy groups -OCH3 is 1. The van der Waals surface area contributed by atoms with Crippen LogP contribution in [-0.2, 0) is 10.0 Å². The summed E-state index contributed by atoms with van der Waals surface area (Å²) in [7, 11) is -2.39. The number of benzene rings is 4. The summed E-state index contributed by atoms with van der Waals surface area (Å²) in [5.41, 5.74) is 3.82. The predicted molar refractivity (Wildman–Crippen MR) is 153 cm³/mol. The van der Waals surface area contributed by atoms with E-state index in [1.807, 2.05) is 0 Å². The second kappa shape index (κ2) is 12.6. The number of hydrogen-bond donors (Lipinski definition) is 2. The molecule has 1 amide bonds. The van der Waals surface area contributed by atoms with Crippen molar-refractivity contribution in [2.24, 2.45) is 5.10 Å². The normalized spacial score (nSPS) is 11.2. The third-order valence-electron chi connectivity index (χ3n) is 5.37. The van der Waals surface area contributed by atoms with Gasteiger partial charge in [-0.2, -0.15) is 5.10 Å². The number of anilines is 1. The summed E-state index contributed by atoms with van der Waals surface area (Å²) in [5, 5.41) is 4.87. The van der Waals surface area contributed by atoms with Crippen LogP contribution in [-0.4, -0.2) is 33.6 Å². The lowest BCUT2D eigenvalue weighted by Gasteiger charge is -2.10. The molecule has 0 unspecified atom stereocenters. The number of carbonyl (C=O) groups is 2. The lowest BCUT2D eigenvalue weighted by atomic mass is 10.2. The van der Waals surface area contributed by atoms with Gasteiger partial charge in [0.25, 0.3) is 15.9 Å². The van der Waals surface area contributed by atoms with Crippen LogP contribution in [0.3, 0.4) is 0 Å². The number of halogens is 2. The number of sulfonamides is 1. The molecule has 0 fully saturated rings. The van der Waals surface area contributed by atoms with Gasteiger partial charge in [0.2, 0.25) is 0 Å². The molecule has 0 aliphatic heterocycles. The van der Waals surface area contributed by atoms with Crippen LogP contribution < -0.4 is 19.6 Å². The number of hydrazone groups is 1. The average Bonchev–Trinajstić information content (AvgIpc) is 2.94. The van der Waals surface area contributed by atoms with Gasteiger partial charge in [-0.3, -0.25) is 9.52 Å². The van der Waals surface area contributed by atoms with Gasteiger partial charge in [0.1, 0.15) is 0 Å². The van der Waals surface area contributed by atoms with Crippen LogP contribution in [0, 0.1) is 0 Å². The summed E-state index contributed by atoms with van der Waals surface area (Å²) in [6.45, 7) is 0. The fourth-order valence-corrected chi connectivity index (χ4v) is 4.65.